The number of amides is 1. The molecule has 0 aliphatic carbocycles. The smallest absolute Gasteiger partial charge is 0.417 e. The SMILES string of the molecule is O=C(COc1ccccc1-c1ccccc1)NN=Cc1ccccc1C(F)(F)F. The third-order valence-electron chi connectivity index (χ3n) is 3.99. The van der Waals surface area contributed by atoms with Crippen molar-refractivity contribution in [3.8, 4) is 16.9 Å². The number of hydrazone groups is 1. The van der Waals surface area contributed by atoms with Crippen molar-refractivity contribution in [3.05, 3.63) is 90.0 Å². The maximum Gasteiger partial charge on any atom is 0.417 e. The number of rotatable bonds is 6. The quantitative estimate of drug-likeness (QED) is 0.474. The van der Waals surface area contributed by atoms with Crippen molar-refractivity contribution in [2.24, 2.45) is 5.10 Å². The van der Waals surface area contributed by atoms with E-state index < -0.39 is 17.6 Å². The molecule has 148 valence electrons. The molecule has 0 aliphatic rings. The van der Waals surface area contributed by atoms with Crippen LogP contribution in [0.2, 0.25) is 0 Å². The lowest BCUT2D eigenvalue weighted by Crippen LogP contribution is -2.24. The lowest BCUT2D eigenvalue weighted by atomic mass is 10.1. The molecule has 3 aromatic carbocycles. The van der Waals surface area contributed by atoms with Gasteiger partial charge in [0, 0.05) is 11.1 Å². The van der Waals surface area contributed by atoms with Crippen LogP contribution >= 0.6 is 0 Å². The lowest BCUT2D eigenvalue weighted by Gasteiger charge is -2.11. The fourth-order valence-corrected chi connectivity index (χ4v) is 2.67. The number of nitrogens with zero attached hydrogens (tertiary/aromatic N) is 1. The Morgan fingerprint density at radius 3 is 2.34 bits per heavy atom. The van der Waals surface area contributed by atoms with E-state index in [1.54, 1.807) is 12.1 Å². The highest BCUT2D eigenvalue weighted by Crippen LogP contribution is 2.31. The van der Waals surface area contributed by atoms with E-state index >= 15 is 0 Å². The zero-order valence-electron chi connectivity index (χ0n) is 15.2. The minimum Gasteiger partial charge on any atom is -0.483 e. The summed E-state index contributed by atoms with van der Waals surface area (Å²) in [6, 6.07) is 21.7. The van der Waals surface area contributed by atoms with Crippen LogP contribution in [0.3, 0.4) is 0 Å². The van der Waals surface area contributed by atoms with Crippen LogP contribution in [0.1, 0.15) is 11.1 Å². The first kappa shape index (κ1) is 20.1. The van der Waals surface area contributed by atoms with E-state index in [2.05, 4.69) is 10.5 Å². The average molecular weight is 398 g/mol. The van der Waals surface area contributed by atoms with E-state index in [0.29, 0.717) is 5.75 Å². The van der Waals surface area contributed by atoms with Gasteiger partial charge in [0.1, 0.15) is 5.75 Å². The van der Waals surface area contributed by atoms with Crippen molar-refractivity contribution in [2.75, 3.05) is 6.61 Å². The number of ether oxygens (including phenoxy) is 1. The first-order chi connectivity index (χ1) is 13.9. The number of carbonyl (C=O) groups excluding carboxylic acids is 1. The van der Waals surface area contributed by atoms with Crippen LogP contribution in [0.25, 0.3) is 11.1 Å². The summed E-state index contributed by atoms with van der Waals surface area (Å²) < 4.78 is 44.4. The van der Waals surface area contributed by atoms with Gasteiger partial charge in [-0.15, -0.1) is 0 Å². The Morgan fingerprint density at radius 2 is 1.59 bits per heavy atom. The van der Waals surface area contributed by atoms with Gasteiger partial charge in [-0.2, -0.15) is 18.3 Å². The summed E-state index contributed by atoms with van der Waals surface area (Å²) in [7, 11) is 0. The van der Waals surface area contributed by atoms with Gasteiger partial charge in [0.2, 0.25) is 0 Å². The number of benzene rings is 3. The van der Waals surface area contributed by atoms with Crippen molar-refractivity contribution in [1.82, 2.24) is 5.43 Å². The Labute approximate surface area is 165 Å². The van der Waals surface area contributed by atoms with E-state index in [1.165, 1.54) is 18.2 Å². The molecule has 3 rings (SSSR count). The van der Waals surface area contributed by atoms with Gasteiger partial charge < -0.3 is 4.74 Å². The highest BCUT2D eigenvalue weighted by molar-refractivity contribution is 5.84. The van der Waals surface area contributed by atoms with Crippen molar-refractivity contribution in [2.45, 2.75) is 6.18 Å². The Morgan fingerprint density at radius 1 is 0.931 bits per heavy atom. The van der Waals surface area contributed by atoms with Crippen LogP contribution in [0.5, 0.6) is 5.75 Å². The monoisotopic (exact) mass is 398 g/mol. The molecule has 0 spiro atoms. The summed E-state index contributed by atoms with van der Waals surface area (Å²) >= 11 is 0. The molecule has 7 heteroatoms. The van der Waals surface area contributed by atoms with Gasteiger partial charge in [-0.25, -0.2) is 5.43 Å². The summed E-state index contributed by atoms with van der Waals surface area (Å²) in [6.45, 7) is -0.331. The third kappa shape index (κ3) is 5.44. The van der Waals surface area contributed by atoms with Gasteiger partial charge in [-0.1, -0.05) is 66.7 Å². The topological polar surface area (TPSA) is 50.7 Å². The molecule has 0 atom stereocenters. The van der Waals surface area contributed by atoms with Gasteiger partial charge in [0.25, 0.3) is 5.91 Å². The van der Waals surface area contributed by atoms with Gasteiger partial charge in [0.15, 0.2) is 6.61 Å². The predicted octanol–water partition coefficient (Wildman–Crippen LogP) is 4.90. The molecule has 0 aromatic heterocycles. The molecule has 29 heavy (non-hydrogen) atoms. The second-order valence-electron chi connectivity index (χ2n) is 6.03. The molecule has 4 nitrogen and oxygen atoms in total. The number of carbonyl (C=O) groups is 1. The van der Waals surface area contributed by atoms with Gasteiger partial charge in [0.05, 0.1) is 11.8 Å². The number of halogens is 3. The maximum atomic E-state index is 13.0. The number of nitrogens with one attached hydrogen (secondary N) is 1. The lowest BCUT2D eigenvalue weighted by molar-refractivity contribution is -0.137. The number of alkyl halides is 3. The van der Waals surface area contributed by atoms with Crippen LogP contribution in [-0.2, 0) is 11.0 Å². The first-order valence-corrected chi connectivity index (χ1v) is 8.70. The number of hydrogen-bond acceptors (Lipinski definition) is 3. The summed E-state index contributed by atoms with van der Waals surface area (Å²) in [5.41, 5.74) is 2.96. The van der Waals surface area contributed by atoms with Crippen LogP contribution in [-0.4, -0.2) is 18.7 Å². The Bertz CT molecular complexity index is 1000. The van der Waals surface area contributed by atoms with E-state index in [9.17, 15) is 18.0 Å². The molecule has 0 aliphatic heterocycles. The zero-order chi connectivity index (χ0) is 20.7. The second-order valence-corrected chi connectivity index (χ2v) is 6.03. The molecule has 0 saturated heterocycles. The molecule has 0 radical (unpaired) electrons. The highest BCUT2D eigenvalue weighted by Gasteiger charge is 2.32. The van der Waals surface area contributed by atoms with Crippen molar-refractivity contribution in [3.63, 3.8) is 0 Å². The van der Waals surface area contributed by atoms with Crippen LogP contribution in [0, 0.1) is 0 Å². The molecule has 1 N–H and O–H groups in total. The fraction of sp³-hybridized carbons (Fsp3) is 0.0909. The molecule has 0 heterocycles. The molecule has 0 fully saturated rings. The molecule has 0 bridgehead atoms. The predicted molar refractivity (Wildman–Crippen MR) is 105 cm³/mol. The highest BCUT2D eigenvalue weighted by atomic mass is 19.4. The zero-order valence-corrected chi connectivity index (χ0v) is 15.2. The first-order valence-electron chi connectivity index (χ1n) is 8.70. The molecular formula is C22H17F3N2O2. The summed E-state index contributed by atoms with van der Waals surface area (Å²) in [5.74, 6) is -0.0751. The standard InChI is InChI=1S/C22H17F3N2O2/c23-22(24,25)19-12-6-4-10-17(19)14-26-27-21(28)15-29-20-13-7-5-11-18(20)16-8-2-1-3-9-16/h1-14H,15H2,(H,27,28). The van der Waals surface area contributed by atoms with E-state index in [1.807, 2.05) is 42.5 Å². The molecular weight excluding hydrogens is 381 g/mol. The van der Waals surface area contributed by atoms with Crippen molar-refractivity contribution in [1.29, 1.82) is 0 Å². The summed E-state index contributed by atoms with van der Waals surface area (Å²) in [6.07, 6.45) is -3.55. The minimum atomic E-state index is -4.50. The van der Waals surface area contributed by atoms with Crippen LogP contribution in [0.15, 0.2) is 84.0 Å². The van der Waals surface area contributed by atoms with E-state index in [4.69, 9.17) is 4.74 Å². The Balaban J connectivity index is 1.62. The molecule has 0 saturated carbocycles. The van der Waals surface area contributed by atoms with Gasteiger partial charge >= 0.3 is 6.18 Å². The van der Waals surface area contributed by atoms with E-state index in [0.717, 1.165) is 23.4 Å². The van der Waals surface area contributed by atoms with Crippen molar-refractivity contribution >= 4 is 12.1 Å². The van der Waals surface area contributed by atoms with Crippen molar-refractivity contribution < 1.29 is 22.7 Å². The summed E-state index contributed by atoms with van der Waals surface area (Å²) in [5, 5.41) is 3.60. The van der Waals surface area contributed by atoms with Crippen LogP contribution in [0.4, 0.5) is 13.2 Å². The van der Waals surface area contributed by atoms with Gasteiger partial charge in [-0.05, 0) is 17.7 Å². The van der Waals surface area contributed by atoms with E-state index in [-0.39, 0.29) is 12.2 Å². The second kappa shape index (κ2) is 9.05. The average Bonchev–Trinajstić information content (AvgIpc) is 2.73. The Hall–Kier alpha value is -3.61. The number of hydrogen-bond donors (Lipinski definition) is 1. The largest absolute Gasteiger partial charge is 0.483 e. The molecule has 3 aromatic rings. The maximum absolute atomic E-state index is 13.0. The third-order valence-corrected chi connectivity index (χ3v) is 3.99. The summed E-state index contributed by atoms with van der Waals surface area (Å²) in [4.78, 5) is 12.0. The molecule has 1 amide bonds. The normalized spacial score (nSPS) is 11.4. The number of para-hydroxylation sites is 1. The Kier molecular flexibility index (Phi) is 6.29. The molecule has 0 unspecified atom stereocenters. The minimum absolute atomic E-state index is 0.143. The van der Waals surface area contributed by atoms with Crippen LogP contribution < -0.4 is 10.2 Å². The van der Waals surface area contributed by atoms with Gasteiger partial charge in [-0.3, -0.25) is 4.79 Å². The fourth-order valence-electron chi connectivity index (χ4n) is 2.67.